The number of hydrogen-bond acceptors (Lipinski definition) is 3. The van der Waals surface area contributed by atoms with E-state index in [1.165, 1.54) is 0 Å². The van der Waals surface area contributed by atoms with E-state index in [0.717, 1.165) is 32.6 Å². The summed E-state index contributed by atoms with van der Waals surface area (Å²) >= 11 is 0. The van der Waals surface area contributed by atoms with Crippen LogP contribution in [0.1, 0.15) is 40.5 Å². The molecule has 3 heteroatoms. The van der Waals surface area contributed by atoms with Crippen molar-refractivity contribution in [1.82, 2.24) is 5.32 Å². The molecule has 2 unspecified atom stereocenters. The normalized spacial score (nSPS) is 28.0. The number of likely N-dealkylation sites (N-methyl/N-ethyl adjacent to an activating group) is 1. The smallest absolute Gasteiger partial charge is 0.0969 e. The molecule has 1 rings (SSSR count). The molecule has 1 saturated heterocycles. The van der Waals surface area contributed by atoms with Gasteiger partial charge in [0.25, 0.3) is 0 Å². The molecule has 1 aliphatic heterocycles. The zero-order valence-electron chi connectivity index (χ0n) is 10.5. The highest BCUT2D eigenvalue weighted by Crippen LogP contribution is 2.21. The van der Waals surface area contributed by atoms with Gasteiger partial charge in [0, 0.05) is 12.6 Å². The van der Waals surface area contributed by atoms with E-state index in [0.29, 0.717) is 6.04 Å². The fourth-order valence-corrected chi connectivity index (χ4v) is 1.82. The number of hydrogen-bond donors (Lipinski definition) is 1. The lowest BCUT2D eigenvalue weighted by Gasteiger charge is -2.37. The van der Waals surface area contributed by atoms with E-state index in [9.17, 15) is 0 Å². The summed E-state index contributed by atoms with van der Waals surface area (Å²) in [6.07, 6.45) is 2.29. The third-order valence-corrected chi connectivity index (χ3v) is 3.09. The molecule has 3 nitrogen and oxygen atoms in total. The lowest BCUT2D eigenvalue weighted by atomic mass is 10.0. The first-order valence-corrected chi connectivity index (χ1v) is 6.08. The van der Waals surface area contributed by atoms with E-state index in [2.05, 4.69) is 33.0 Å². The quantitative estimate of drug-likeness (QED) is 0.760. The molecule has 1 heterocycles. The van der Waals surface area contributed by atoms with Gasteiger partial charge in [0.1, 0.15) is 0 Å². The monoisotopic (exact) mass is 215 g/mol. The van der Waals surface area contributed by atoms with Crippen molar-refractivity contribution in [3.63, 3.8) is 0 Å². The number of rotatable bonds is 5. The lowest BCUT2D eigenvalue weighted by Crippen LogP contribution is -2.50. The number of nitrogens with one attached hydrogen (secondary N) is 1. The molecular formula is C12H25NO2. The van der Waals surface area contributed by atoms with Crippen LogP contribution in [0.3, 0.4) is 0 Å². The van der Waals surface area contributed by atoms with Gasteiger partial charge in [-0.2, -0.15) is 0 Å². The summed E-state index contributed by atoms with van der Waals surface area (Å²) in [6, 6.07) is 0.453. The van der Waals surface area contributed by atoms with Gasteiger partial charge >= 0.3 is 0 Å². The SMILES string of the molecule is CCNC1CCOCC1OC(C)(C)CC. The predicted molar refractivity (Wildman–Crippen MR) is 62.1 cm³/mol. The zero-order chi connectivity index (χ0) is 11.3. The van der Waals surface area contributed by atoms with Gasteiger partial charge in [0.2, 0.25) is 0 Å². The highest BCUT2D eigenvalue weighted by molar-refractivity contribution is 4.83. The van der Waals surface area contributed by atoms with Crippen LogP contribution in [-0.4, -0.2) is 37.5 Å². The van der Waals surface area contributed by atoms with Crippen LogP contribution in [0, 0.1) is 0 Å². The molecule has 15 heavy (non-hydrogen) atoms. The molecule has 0 radical (unpaired) electrons. The Labute approximate surface area is 93.5 Å². The van der Waals surface area contributed by atoms with Crippen LogP contribution in [0.15, 0.2) is 0 Å². The molecule has 1 aliphatic rings. The summed E-state index contributed by atoms with van der Waals surface area (Å²) in [5.74, 6) is 0. The van der Waals surface area contributed by atoms with Crippen molar-refractivity contribution in [2.24, 2.45) is 0 Å². The summed E-state index contributed by atoms with van der Waals surface area (Å²) in [7, 11) is 0. The molecule has 0 aromatic heterocycles. The highest BCUT2D eigenvalue weighted by Gasteiger charge is 2.30. The van der Waals surface area contributed by atoms with Crippen LogP contribution in [0.2, 0.25) is 0 Å². The molecule has 2 atom stereocenters. The van der Waals surface area contributed by atoms with E-state index in [1.807, 2.05) is 0 Å². The van der Waals surface area contributed by atoms with Gasteiger partial charge in [-0.05, 0) is 33.2 Å². The summed E-state index contributed by atoms with van der Waals surface area (Å²) in [5, 5.41) is 3.48. The Morgan fingerprint density at radius 1 is 1.40 bits per heavy atom. The topological polar surface area (TPSA) is 30.5 Å². The summed E-state index contributed by atoms with van der Waals surface area (Å²) in [6.45, 7) is 11.2. The maximum atomic E-state index is 6.11. The van der Waals surface area contributed by atoms with Gasteiger partial charge in [0.05, 0.1) is 18.3 Å². The summed E-state index contributed by atoms with van der Waals surface area (Å²) < 4.78 is 11.6. The van der Waals surface area contributed by atoms with Crippen LogP contribution >= 0.6 is 0 Å². The molecule has 0 aromatic rings. The second-order valence-electron chi connectivity index (χ2n) is 4.80. The van der Waals surface area contributed by atoms with E-state index in [-0.39, 0.29) is 11.7 Å². The minimum absolute atomic E-state index is 0.0426. The molecule has 0 aliphatic carbocycles. The van der Waals surface area contributed by atoms with E-state index in [1.54, 1.807) is 0 Å². The third kappa shape index (κ3) is 4.09. The fourth-order valence-electron chi connectivity index (χ4n) is 1.82. The standard InChI is InChI=1S/C12H25NO2/c1-5-12(3,4)15-11-9-14-8-7-10(11)13-6-2/h10-11,13H,5-9H2,1-4H3. The molecule has 0 amide bonds. The Morgan fingerprint density at radius 2 is 2.13 bits per heavy atom. The minimum Gasteiger partial charge on any atom is -0.379 e. The molecule has 90 valence electrons. The largest absolute Gasteiger partial charge is 0.379 e. The van der Waals surface area contributed by atoms with Crippen molar-refractivity contribution in [1.29, 1.82) is 0 Å². The average molecular weight is 215 g/mol. The third-order valence-electron chi connectivity index (χ3n) is 3.09. The van der Waals surface area contributed by atoms with Crippen LogP contribution in [0.4, 0.5) is 0 Å². The zero-order valence-corrected chi connectivity index (χ0v) is 10.5. The van der Waals surface area contributed by atoms with Gasteiger partial charge in [0.15, 0.2) is 0 Å². The second kappa shape index (κ2) is 5.83. The Morgan fingerprint density at radius 3 is 2.73 bits per heavy atom. The second-order valence-corrected chi connectivity index (χ2v) is 4.80. The molecule has 1 N–H and O–H groups in total. The Balaban J connectivity index is 2.48. The van der Waals surface area contributed by atoms with Gasteiger partial charge < -0.3 is 14.8 Å². The fraction of sp³-hybridized carbons (Fsp3) is 1.00. The average Bonchev–Trinajstić information content (AvgIpc) is 2.21. The first-order chi connectivity index (χ1) is 7.09. The van der Waals surface area contributed by atoms with Gasteiger partial charge in [-0.3, -0.25) is 0 Å². The van der Waals surface area contributed by atoms with E-state index < -0.39 is 0 Å². The maximum absolute atomic E-state index is 6.11. The van der Waals surface area contributed by atoms with Crippen molar-refractivity contribution < 1.29 is 9.47 Å². The van der Waals surface area contributed by atoms with Crippen LogP contribution in [-0.2, 0) is 9.47 Å². The highest BCUT2D eigenvalue weighted by atomic mass is 16.5. The minimum atomic E-state index is -0.0426. The predicted octanol–water partition coefficient (Wildman–Crippen LogP) is 1.96. The van der Waals surface area contributed by atoms with Gasteiger partial charge in [-0.15, -0.1) is 0 Å². The van der Waals surface area contributed by atoms with Crippen molar-refractivity contribution in [2.45, 2.75) is 58.3 Å². The molecule has 0 bridgehead atoms. The van der Waals surface area contributed by atoms with Crippen molar-refractivity contribution >= 4 is 0 Å². The van der Waals surface area contributed by atoms with Crippen LogP contribution in [0.25, 0.3) is 0 Å². The van der Waals surface area contributed by atoms with Crippen LogP contribution in [0.5, 0.6) is 0 Å². The first kappa shape index (κ1) is 12.9. The molecule has 0 spiro atoms. The van der Waals surface area contributed by atoms with Crippen LogP contribution < -0.4 is 5.32 Å². The lowest BCUT2D eigenvalue weighted by molar-refractivity contribution is -0.135. The van der Waals surface area contributed by atoms with Crippen molar-refractivity contribution in [2.75, 3.05) is 19.8 Å². The Kier molecular flexibility index (Phi) is 5.03. The Bertz CT molecular complexity index is 180. The van der Waals surface area contributed by atoms with Gasteiger partial charge in [-0.1, -0.05) is 13.8 Å². The summed E-state index contributed by atoms with van der Waals surface area (Å²) in [5.41, 5.74) is -0.0426. The van der Waals surface area contributed by atoms with Crippen molar-refractivity contribution in [3.05, 3.63) is 0 Å². The van der Waals surface area contributed by atoms with E-state index in [4.69, 9.17) is 9.47 Å². The van der Waals surface area contributed by atoms with Crippen molar-refractivity contribution in [3.8, 4) is 0 Å². The maximum Gasteiger partial charge on any atom is 0.0969 e. The Hall–Kier alpha value is -0.120. The van der Waals surface area contributed by atoms with Gasteiger partial charge in [-0.25, -0.2) is 0 Å². The molecule has 0 saturated carbocycles. The molecule has 0 aromatic carbocycles. The molecular weight excluding hydrogens is 190 g/mol. The summed E-state index contributed by atoms with van der Waals surface area (Å²) in [4.78, 5) is 0. The number of ether oxygens (including phenoxy) is 2. The molecule has 1 fully saturated rings. The van der Waals surface area contributed by atoms with E-state index >= 15 is 0 Å². The first-order valence-electron chi connectivity index (χ1n) is 6.08.